The van der Waals surface area contributed by atoms with Gasteiger partial charge in [-0.25, -0.2) is 4.79 Å². The maximum atomic E-state index is 11.7. The highest BCUT2D eigenvalue weighted by molar-refractivity contribution is 5.99. The van der Waals surface area contributed by atoms with Crippen molar-refractivity contribution in [3.8, 4) is 0 Å². The fourth-order valence-corrected chi connectivity index (χ4v) is 2.40. The first-order valence-electron chi connectivity index (χ1n) is 5.15. The lowest BCUT2D eigenvalue weighted by molar-refractivity contribution is -0.172. The number of urea groups is 1. The fraction of sp³-hybridized carbons (Fsp3) is 0.700. The summed E-state index contributed by atoms with van der Waals surface area (Å²) >= 11 is 0. The summed E-state index contributed by atoms with van der Waals surface area (Å²) in [6.07, 6.45) is 0.166. The number of carbonyl (C=O) groups is 3. The number of amides is 3. The van der Waals surface area contributed by atoms with E-state index in [0.29, 0.717) is 6.42 Å². The Morgan fingerprint density at radius 2 is 2.00 bits per heavy atom. The van der Waals surface area contributed by atoms with Crippen LogP contribution in [-0.4, -0.2) is 53.9 Å². The Labute approximate surface area is 93.1 Å². The number of ether oxygens (including phenoxy) is 1. The first kappa shape index (κ1) is 10.9. The average molecular weight is 226 g/mol. The second kappa shape index (κ2) is 3.47. The highest BCUT2D eigenvalue weighted by Crippen LogP contribution is 2.39. The molecule has 3 unspecified atom stereocenters. The van der Waals surface area contributed by atoms with Crippen LogP contribution >= 0.6 is 0 Å². The molecule has 1 saturated heterocycles. The summed E-state index contributed by atoms with van der Waals surface area (Å²) in [6, 6.07) is -0.636. The third-order valence-corrected chi connectivity index (χ3v) is 3.28. The van der Waals surface area contributed by atoms with E-state index in [1.165, 1.54) is 18.9 Å². The number of esters is 1. The summed E-state index contributed by atoms with van der Waals surface area (Å²) in [5.41, 5.74) is 0. The summed E-state index contributed by atoms with van der Waals surface area (Å²) < 4.78 is 5.05. The zero-order valence-corrected chi connectivity index (χ0v) is 9.47. The number of hydrogen-bond acceptors (Lipinski definition) is 4. The lowest BCUT2D eigenvalue weighted by Crippen LogP contribution is -2.69. The van der Waals surface area contributed by atoms with Gasteiger partial charge in [0.05, 0.1) is 12.0 Å². The minimum Gasteiger partial charge on any atom is -0.460 e. The van der Waals surface area contributed by atoms with Gasteiger partial charge in [0.1, 0.15) is 6.10 Å². The van der Waals surface area contributed by atoms with Gasteiger partial charge in [-0.15, -0.1) is 0 Å². The molecule has 0 spiro atoms. The van der Waals surface area contributed by atoms with Gasteiger partial charge in [0, 0.05) is 27.4 Å². The van der Waals surface area contributed by atoms with E-state index < -0.39 is 0 Å². The van der Waals surface area contributed by atoms with E-state index in [1.807, 2.05) is 0 Å². The molecule has 16 heavy (non-hydrogen) atoms. The van der Waals surface area contributed by atoms with E-state index in [-0.39, 0.29) is 36.0 Å². The molecule has 6 nitrogen and oxygen atoms in total. The molecule has 0 N–H and O–H groups in total. The molecule has 0 aromatic heterocycles. The molecular weight excluding hydrogens is 212 g/mol. The van der Waals surface area contributed by atoms with Crippen molar-refractivity contribution >= 4 is 17.9 Å². The van der Waals surface area contributed by atoms with Crippen LogP contribution in [0, 0.1) is 5.92 Å². The smallest absolute Gasteiger partial charge is 0.326 e. The van der Waals surface area contributed by atoms with Gasteiger partial charge >= 0.3 is 12.0 Å². The monoisotopic (exact) mass is 226 g/mol. The van der Waals surface area contributed by atoms with Crippen LogP contribution < -0.4 is 0 Å². The lowest BCUT2D eigenvalue weighted by Gasteiger charge is -2.51. The number of rotatable bonds is 1. The molecule has 2 fully saturated rings. The van der Waals surface area contributed by atoms with E-state index in [2.05, 4.69) is 0 Å². The van der Waals surface area contributed by atoms with Gasteiger partial charge in [0.15, 0.2) is 0 Å². The molecule has 6 heteroatoms. The fourth-order valence-electron chi connectivity index (χ4n) is 2.40. The Balaban J connectivity index is 2.14. The normalized spacial score (nSPS) is 33.3. The number of likely N-dealkylation sites (N-methyl/N-ethyl adjacent to an activating group) is 1. The molecule has 0 radical (unpaired) electrons. The lowest BCUT2D eigenvalue weighted by atomic mass is 9.73. The first-order chi connectivity index (χ1) is 7.43. The van der Waals surface area contributed by atoms with Crippen LogP contribution in [0.1, 0.15) is 13.3 Å². The molecule has 3 amide bonds. The van der Waals surface area contributed by atoms with Crippen LogP contribution in [0.2, 0.25) is 0 Å². The van der Waals surface area contributed by atoms with Crippen LogP contribution in [0.5, 0.6) is 0 Å². The van der Waals surface area contributed by atoms with E-state index in [1.54, 1.807) is 7.05 Å². The van der Waals surface area contributed by atoms with Crippen molar-refractivity contribution in [3.63, 3.8) is 0 Å². The van der Waals surface area contributed by atoms with Crippen LogP contribution in [0.3, 0.4) is 0 Å². The summed E-state index contributed by atoms with van der Waals surface area (Å²) in [5, 5.41) is 0. The minimum absolute atomic E-state index is 0.184. The Hall–Kier alpha value is -1.59. The number of hydrogen-bond donors (Lipinski definition) is 0. The van der Waals surface area contributed by atoms with Gasteiger partial charge in [-0.3, -0.25) is 14.5 Å². The van der Waals surface area contributed by atoms with Crippen LogP contribution in [0.4, 0.5) is 4.79 Å². The molecule has 3 atom stereocenters. The second-order valence-corrected chi connectivity index (χ2v) is 4.27. The molecule has 1 aliphatic carbocycles. The van der Waals surface area contributed by atoms with Crippen molar-refractivity contribution in [1.82, 2.24) is 9.80 Å². The van der Waals surface area contributed by atoms with Crippen molar-refractivity contribution in [2.75, 3.05) is 14.1 Å². The summed E-state index contributed by atoms with van der Waals surface area (Å²) in [5.74, 6) is -0.788. The molecule has 88 valence electrons. The van der Waals surface area contributed by atoms with Crippen molar-refractivity contribution < 1.29 is 19.1 Å². The van der Waals surface area contributed by atoms with Gasteiger partial charge in [-0.1, -0.05) is 0 Å². The van der Waals surface area contributed by atoms with E-state index in [4.69, 9.17) is 4.74 Å². The topological polar surface area (TPSA) is 66.9 Å². The van der Waals surface area contributed by atoms with Crippen molar-refractivity contribution in [1.29, 1.82) is 0 Å². The highest BCUT2D eigenvalue weighted by Gasteiger charge is 2.56. The van der Waals surface area contributed by atoms with Crippen molar-refractivity contribution in [3.05, 3.63) is 0 Å². The van der Waals surface area contributed by atoms with E-state index in [0.717, 1.165) is 4.90 Å². The average Bonchev–Trinajstić information content (AvgIpc) is 2.18. The number of nitrogens with zero attached hydrogens (tertiary/aromatic N) is 2. The molecule has 2 rings (SSSR count). The maximum Gasteiger partial charge on any atom is 0.326 e. The predicted octanol–water partition coefficient (Wildman–Crippen LogP) is -0.170. The molecule has 0 aromatic carbocycles. The molecule has 0 bridgehead atoms. The summed E-state index contributed by atoms with van der Waals surface area (Å²) in [7, 11) is 3.09. The molecule has 1 aliphatic heterocycles. The van der Waals surface area contributed by atoms with Crippen LogP contribution in [0.25, 0.3) is 0 Å². The summed E-state index contributed by atoms with van der Waals surface area (Å²) in [4.78, 5) is 36.8. The van der Waals surface area contributed by atoms with Gasteiger partial charge < -0.3 is 9.64 Å². The van der Waals surface area contributed by atoms with E-state index >= 15 is 0 Å². The third kappa shape index (κ3) is 1.36. The highest BCUT2D eigenvalue weighted by atomic mass is 16.5. The molecule has 1 heterocycles. The number of imide groups is 1. The quantitative estimate of drug-likeness (QED) is 0.582. The Kier molecular flexibility index (Phi) is 2.36. The Morgan fingerprint density at radius 3 is 2.56 bits per heavy atom. The molecular formula is C10H14N2O4. The van der Waals surface area contributed by atoms with Crippen molar-refractivity contribution in [2.45, 2.75) is 25.5 Å². The molecule has 2 aliphatic rings. The zero-order chi connectivity index (χ0) is 12.0. The standard InChI is InChI=1S/C10H14N2O4/c1-5(13)16-7-4-6-8(7)11(2)10(15)12(3)9(6)14/h6-8H,4H2,1-3H3. The Morgan fingerprint density at radius 1 is 1.38 bits per heavy atom. The first-order valence-corrected chi connectivity index (χ1v) is 5.15. The van der Waals surface area contributed by atoms with Crippen LogP contribution in [-0.2, 0) is 14.3 Å². The third-order valence-electron chi connectivity index (χ3n) is 3.28. The molecule has 0 aromatic rings. The second-order valence-electron chi connectivity index (χ2n) is 4.27. The molecule has 1 saturated carbocycles. The largest absolute Gasteiger partial charge is 0.460 e. The van der Waals surface area contributed by atoms with Crippen LogP contribution in [0.15, 0.2) is 0 Å². The SMILES string of the molecule is CC(=O)OC1CC2C(=O)N(C)C(=O)N(C)C12. The zero-order valence-electron chi connectivity index (χ0n) is 9.47. The predicted molar refractivity (Wildman–Crippen MR) is 53.4 cm³/mol. The Bertz CT molecular complexity index is 350. The van der Waals surface area contributed by atoms with Gasteiger partial charge in [0.2, 0.25) is 5.91 Å². The van der Waals surface area contributed by atoms with Crippen molar-refractivity contribution in [2.24, 2.45) is 5.92 Å². The van der Waals surface area contributed by atoms with E-state index in [9.17, 15) is 14.4 Å². The van der Waals surface area contributed by atoms with Gasteiger partial charge in [-0.05, 0) is 0 Å². The number of carbonyl (C=O) groups excluding carboxylic acids is 3. The maximum absolute atomic E-state index is 11.7. The minimum atomic E-state index is -0.379. The van der Waals surface area contributed by atoms with Gasteiger partial charge in [-0.2, -0.15) is 0 Å². The number of fused-ring (bicyclic) bond motifs is 1. The van der Waals surface area contributed by atoms with Gasteiger partial charge in [0.25, 0.3) is 0 Å². The summed E-state index contributed by atoms with van der Waals surface area (Å²) in [6.45, 7) is 1.33.